The maximum absolute atomic E-state index is 11.9. The van der Waals surface area contributed by atoms with Crippen LogP contribution in [0.2, 0.25) is 0 Å². The lowest BCUT2D eigenvalue weighted by Gasteiger charge is -2.20. The van der Waals surface area contributed by atoms with Gasteiger partial charge in [-0.25, -0.2) is 9.59 Å². The van der Waals surface area contributed by atoms with Gasteiger partial charge in [0, 0.05) is 12.8 Å². The molecular weight excluding hydrogens is 266 g/mol. The summed E-state index contributed by atoms with van der Waals surface area (Å²) in [4.78, 5) is 51.1. The number of benzene rings is 1. The SMILES string of the molecule is NC(=O)N(C(=O)ON1C(=O)CCC1=O)c1ccccc1. The molecular formula is C12H11N3O5. The van der Waals surface area contributed by atoms with Gasteiger partial charge in [0.15, 0.2) is 0 Å². The van der Waals surface area contributed by atoms with Crippen molar-refractivity contribution in [2.75, 3.05) is 4.90 Å². The largest absolute Gasteiger partial charge is 0.447 e. The highest BCUT2D eigenvalue weighted by molar-refractivity contribution is 6.12. The van der Waals surface area contributed by atoms with E-state index in [2.05, 4.69) is 4.84 Å². The highest BCUT2D eigenvalue weighted by atomic mass is 16.7. The van der Waals surface area contributed by atoms with Crippen LogP contribution in [-0.4, -0.2) is 29.0 Å². The lowest BCUT2D eigenvalue weighted by atomic mass is 10.3. The summed E-state index contributed by atoms with van der Waals surface area (Å²) in [6, 6.07) is 6.69. The third-order valence-corrected chi connectivity index (χ3v) is 2.59. The number of imide groups is 2. The predicted molar refractivity (Wildman–Crippen MR) is 66.1 cm³/mol. The van der Waals surface area contributed by atoms with Crippen molar-refractivity contribution in [3.63, 3.8) is 0 Å². The number of primary amides is 1. The van der Waals surface area contributed by atoms with Gasteiger partial charge in [0.25, 0.3) is 11.8 Å². The summed E-state index contributed by atoms with van der Waals surface area (Å²) in [6.45, 7) is 0. The maximum atomic E-state index is 11.9. The number of nitrogens with zero attached hydrogens (tertiary/aromatic N) is 2. The van der Waals surface area contributed by atoms with Crippen molar-refractivity contribution in [3.8, 4) is 0 Å². The van der Waals surface area contributed by atoms with E-state index < -0.39 is 23.9 Å². The van der Waals surface area contributed by atoms with Gasteiger partial charge in [0.2, 0.25) is 0 Å². The Kier molecular flexibility index (Phi) is 3.65. The van der Waals surface area contributed by atoms with Gasteiger partial charge in [-0.2, -0.15) is 4.90 Å². The third kappa shape index (κ3) is 2.58. The van der Waals surface area contributed by atoms with Crippen LogP contribution in [0.1, 0.15) is 12.8 Å². The number of hydrogen-bond donors (Lipinski definition) is 1. The Morgan fingerprint density at radius 1 is 1.10 bits per heavy atom. The van der Waals surface area contributed by atoms with E-state index in [0.29, 0.717) is 9.96 Å². The highest BCUT2D eigenvalue weighted by Crippen LogP contribution is 2.17. The van der Waals surface area contributed by atoms with Gasteiger partial charge in [-0.15, -0.1) is 5.06 Å². The molecule has 0 bridgehead atoms. The Labute approximate surface area is 113 Å². The first-order chi connectivity index (χ1) is 9.50. The van der Waals surface area contributed by atoms with Crippen LogP contribution < -0.4 is 10.6 Å². The van der Waals surface area contributed by atoms with Gasteiger partial charge in [-0.05, 0) is 12.1 Å². The topological polar surface area (TPSA) is 110 Å². The zero-order chi connectivity index (χ0) is 14.7. The molecule has 1 aliphatic heterocycles. The first-order valence-corrected chi connectivity index (χ1v) is 5.73. The molecule has 2 N–H and O–H groups in total. The summed E-state index contributed by atoms with van der Waals surface area (Å²) in [7, 11) is 0. The molecule has 1 aliphatic rings. The van der Waals surface area contributed by atoms with E-state index in [4.69, 9.17) is 5.73 Å². The first-order valence-electron chi connectivity index (χ1n) is 5.73. The number of amides is 5. The molecule has 0 radical (unpaired) electrons. The van der Waals surface area contributed by atoms with E-state index in [0.717, 1.165) is 0 Å². The summed E-state index contributed by atoms with van der Waals surface area (Å²) < 4.78 is 0. The van der Waals surface area contributed by atoms with Crippen molar-refractivity contribution in [1.29, 1.82) is 0 Å². The van der Waals surface area contributed by atoms with Gasteiger partial charge in [0.1, 0.15) is 0 Å². The smallest absolute Gasteiger partial charge is 0.351 e. The molecule has 0 unspecified atom stereocenters. The number of hydrogen-bond acceptors (Lipinski definition) is 5. The molecule has 8 heteroatoms. The molecule has 0 aliphatic carbocycles. The Balaban J connectivity index is 2.19. The number of urea groups is 1. The predicted octanol–water partition coefficient (Wildman–Crippen LogP) is 0.772. The van der Waals surface area contributed by atoms with Crippen molar-refractivity contribution in [3.05, 3.63) is 30.3 Å². The van der Waals surface area contributed by atoms with E-state index in [1.165, 1.54) is 12.1 Å². The van der Waals surface area contributed by atoms with Crippen LogP contribution in [0, 0.1) is 0 Å². The number of rotatable bonds is 2. The lowest BCUT2D eigenvalue weighted by Crippen LogP contribution is -2.45. The van der Waals surface area contributed by atoms with Crippen LogP contribution in [0.25, 0.3) is 0 Å². The van der Waals surface area contributed by atoms with Crippen LogP contribution in [-0.2, 0) is 14.4 Å². The molecule has 0 spiro atoms. The summed E-state index contributed by atoms with van der Waals surface area (Å²) >= 11 is 0. The fraction of sp³-hybridized carbons (Fsp3) is 0.167. The van der Waals surface area contributed by atoms with Crippen LogP contribution >= 0.6 is 0 Å². The minimum atomic E-state index is -1.22. The molecule has 1 aromatic rings. The summed E-state index contributed by atoms with van der Waals surface area (Å²) in [6.07, 6.45) is -1.28. The molecule has 5 amide bonds. The lowest BCUT2D eigenvalue weighted by molar-refractivity contribution is -0.170. The van der Waals surface area contributed by atoms with Crippen molar-refractivity contribution in [2.24, 2.45) is 5.73 Å². The quantitative estimate of drug-likeness (QED) is 0.803. The first kappa shape index (κ1) is 13.5. The van der Waals surface area contributed by atoms with Crippen molar-refractivity contribution >= 4 is 29.6 Å². The normalized spacial score (nSPS) is 14.3. The fourth-order valence-electron chi connectivity index (χ4n) is 1.68. The number of hydroxylamine groups is 2. The average Bonchev–Trinajstić information content (AvgIpc) is 2.71. The van der Waals surface area contributed by atoms with Gasteiger partial charge in [-0.1, -0.05) is 18.2 Å². The molecule has 1 fully saturated rings. The monoisotopic (exact) mass is 277 g/mol. The maximum Gasteiger partial charge on any atom is 0.447 e. The van der Waals surface area contributed by atoms with Crippen LogP contribution in [0.5, 0.6) is 0 Å². The van der Waals surface area contributed by atoms with E-state index >= 15 is 0 Å². The zero-order valence-corrected chi connectivity index (χ0v) is 10.3. The molecule has 20 heavy (non-hydrogen) atoms. The summed E-state index contributed by atoms with van der Waals surface area (Å²) in [5.74, 6) is -1.28. The molecule has 2 rings (SSSR count). The van der Waals surface area contributed by atoms with E-state index in [1.54, 1.807) is 18.2 Å². The number of carbonyl (C=O) groups excluding carboxylic acids is 4. The molecule has 8 nitrogen and oxygen atoms in total. The zero-order valence-electron chi connectivity index (χ0n) is 10.3. The number of nitrogens with two attached hydrogens (primary N) is 1. The standard InChI is InChI=1S/C12H11N3O5/c13-11(18)14(8-4-2-1-3-5-8)12(19)20-15-9(16)6-7-10(15)17/h1-5H,6-7H2,(H2,13,18). The van der Waals surface area contributed by atoms with Gasteiger partial charge >= 0.3 is 12.1 Å². The van der Waals surface area contributed by atoms with Crippen molar-refractivity contribution in [2.45, 2.75) is 12.8 Å². The third-order valence-electron chi connectivity index (χ3n) is 2.59. The number of carbonyl (C=O) groups is 4. The summed E-state index contributed by atoms with van der Waals surface area (Å²) in [5, 5.41) is 0.348. The summed E-state index contributed by atoms with van der Waals surface area (Å²) in [5.41, 5.74) is 5.28. The molecule has 0 saturated carbocycles. The second-order valence-corrected chi connectivity index (χ2v) is 3.95. The van der Waals surface area contributed by atoms with Crippen molar-refractivity contribution in [1.82, 2.24) is 5.06 Å². The minimum absolute atomic E-state index is 0.0337. The van der Waals surface area contributed by atoms with Gasteiger partial charge in [-0.3, -0.25) is 9.59 Å². The highest BCUT2D eigenvalue weighted by Gasteiger charge is 2.35. The molecule has 1 saturated heterocycles. The van der Waals surface area contributed by atoms with E-state index in [9.17, 15) is 19.2 Å². The van der Waals surface area contributed by atoms with Crippen LogP contribution in [0.15, 0.2) is 30.3 Å². The van der Waals surface area contributed by atoms with E-state index in [1.807, 2.05) is 0 Å². The van der Waals surface area contributed by atoms with Gasteiger partial charge < -0.3 is 10.6 Å². The molecule has 1 aromatic carbocycles. The Bertz CT molecular complexity index is 556. The Hall–Kier alpha value is -2.90. The number of para-hydroxylation sites is 1. The average molecular weight is 277 g/mol. The molecule has 1 heterocycles. The number of anilines is 1. The Morgan fingerprint density at radius 3 is 2.15 bits per heavy atom. The fourth-order valence-corrected chi connectivity index (χ4v) is 1.68. The second kappa shape index (κ2) is 5.39. The molecule has 0 aromatic heterocycles. The van der Waals surface area contributed by atoms with Crippen LogP contribution in [0.4, 0.5) is 15.3 Å². The molecule has 0 atom stereocenters. The van der Waals surface area contributed by atoms with Gasteiger partial charge in [0.05, 0.1) is 5.69 Å². The Morgan fingerprint density at radius 2 is 1.65 bits per heavy atom. The van der Waals surface area contributed by atoms with E-state index in [-0.39, 0.29) is 18.5 Å². The molecule has 104 valence electrons. The van der Waals surface area contributed by atoms with Crippen molar-refractivity contribution < 1.29 is 24.0 Å². The van der Waals surface area contributed by atoms with Crippen LogP contribution in [0.3, 0.4) is 0 Å². The minimum Gasteiger partial charge on any atom is -0.351 e. The second-order valence-electron chi connectivity index (χ2n) is 3.95.